The number of hydrogen-bond donors (Lipinski definition) is 3. The standard InChI is InChI=1S/C11H19N3O4S2/c1-9-7-11(4-3-10(9)8-12)20(17,18)14-6-5-13-19(2,15)16/h3-4,7,13-14H,5-6,8,12H2,1-2H3. The Morgan fingerprint density at radius 2 is 1.70 bits per heavy atom. The molecular formula is C11H19N3O4S2. The molecule has 0 aromatic heterocycles. The van der Waals surface area contributed by atoms with Crippen molar-refractivity contribution in [1.82, 2.24) is 9.44 Å². The molecular weight excluding hydrogens is 302 g/mol. The van der Waals surface area contributed by atoms with Gasteiger partial charge in [-0.3, -0.25) is 0 Å². The molecule has 7 nitrogen and oxygen atoms in total. The number of hydrogen-bond acceptors (Lipinski definition) is 5. The third-order valence-corrected chi connectivity index (χ3v) is 4.81. The molecule has 0 unspecified atom stereocenters. The van der Waals surface area contributed by atoms with Gasteiger partial charge in [-0.25, -0.2) is 26.3 Å². The molecule has 0 saturated heterocycles. The lowest BCUT2D eigenvalue weighted by atomic mass is 10.1. The third-order valence-electron chi connectivity index (χ3n) is 2.63. The summed E-state index contributed by atoms with van der Waals surface area (Å²) >= 11 is 0. The van der Waals surface area contributed by atoms with Crippen LogP contribution in [0.1, 0.15) is 11.1 Å². The maximum atomic E-state index is 12.0. The SMILES string of the molecule is Cc1cc(S(=O)(=O)NCCNS(C)(=O)=O)ccc1CN. The summed E-state index contributed by atoms with van der Waals surface area (Å²) in [7, 11) is -6.97. The fraction of sp³-hybridized carbons (Fsp3) is 0.455. The Kier molecular flexibility index (Phi) is 5.66. The van der Waals surface area contributed by atoms with E-state index in [1.54, 1.807) is 13.0 Å². The maximum absolute atomic E-state index is 12.0. The van der Waals surface area contributed by atoms with Crippen LogP contribution in [0.3, 0.4) is 0 Å². The van der Waals surface area contributed by atoms with Gasteiger partial charge in [-0.2, -0.15) is 0 Å². The first-order chi connectivity index (χ1) is 9.15. The van der Waals surface area contributed by atoms with Crippen LogP contribution in [-0.4, -0.2) is 36.2 Å². The van der Waals surface area contributed by atoms with Gasteiger partial charge in [0, 0.05) is 19.6 Å². The smallest absolute Gasteiger partial charge is 0.240 e. The molecule has 20 heavy (non-hydrogen) atoms. The molecule has 0 radical (unpaired) electrons. The molecule has 1 rings (SSSR count). The van der Waals surface area contributed by atoms with Gasteiger partial charge in [0.2, 0.25) is 20.0 Å². The van der Waals surface area contributed by atoms with Gasteiger partial charge in [0.1, 0.15) is 0 Å². The number of sulfonamides is 2. The lowest BCUT2D eigenvalue weighted by Gasteiger charge is -2.09. The van der Waals surface area contributed by atoms with Gasteiger partial charge in [0.25, 0.3) is 0 Å². The molecule has 0 saturated carbocycles. The summed E-state index contributed by atoms with van der Waals surface area (Å²) in [5, 5.41) is 0. The van der Waals surface area contributed by atoms with Crippen LogP contribution in [-0.2, 0) is 26.6 Å². The van der Waals surface area contributed by atoms with Crippen molar-refractivity contribution >= 4 is 20.0 Å². The highest BCUT2D eigenvalue weighted by molar-refractivity contribution is 7.89. The van der Waals surface area contributed by atoms with E-state index in [1.807, 2.05) is 0 Å². The lowest BCUT2D eigenvalue weighted by molar-refractivity contribution is 0.573. The number of nitrogens with two attached hydrogens (primary N) is 1. The molecule has 0 fully saturated rings. The summed E-state index contributed by atoms with van der Waals surface area (Å²) in [4.78, 5) is 0.131. The van der Waals surface area contributed by atoms with E-state index in [0.29, 0.717) is 6.54 Å². The van der Waals surface area contributed by atoms with E-state index in [4.69, 9.17) is 5.73 Å². The number of benzene rings is 1. The van der Waals surface area contributed by atoms with E-state index in [1.165, 1.54) is 12.1 Å². The summed E-state index contributed by atoms with van der Waals surface area (Å²) in [6.07, 6.45) is 1.01. The normalized spacial score (nSPS) is 12.6. The number of aryl methyl sites for hydroxylation is 1. The molecule has 0 aliphatic heterocycles. The fourth-order valence-electron chi connectivity index (χ4n) is 1.57. The van der Waals surface area contributed by atoms with Gasteiger partial charge < -0.3 is 5.73 Å². The fourth-order valence-corrected chi connectivity index (χ4v) is 3.16. The minimum atomic E-state index is -3.65. The van der Waals surface area contributed by atoms with Gasteiger partial charge in [0.15, 0.2) is 0 Å². The average molecular weight is 321 g/mol. The quantitative estimate of drug-likeness (QED) is 0.573. The van der Waals surface area contributed by atoms with Gasteiger partial charge in [-0.1, -0.05) is 6.07 Å². The molecule has 4 N–H and O–H groups in total. The molecule has 0 amide bonds. The van der Waals surface area contributed by atoms with Crippen LogP contribution in [0, 0.1) is 6.92 Å². The van der Waals surface area contributed by atoms with Crippen LogP contribution in [0.2, 0.25) is 0 Å². The van der Waals surface area contributed by atoms with E-state index >= 15 is 0 Å². The van der Waals surface area contributed by atoms with Crippen LogP contribution in [0.15, 0.2) is 23.1 Å². The first kappa shape index (κ1) is 17.1. The summed E-state index contributed by atoms with van der Waals surface area (Å²) < 4.78 is 50.2. The first-order valence-corrected chi connectivity index (χ1v) is 9.27. The van der Waals surface area contributed by atoms with Crippen molar-refractivity contribution in [2.75, 3.05) is 19.3 Å². The van der Waals surface area contributed by atoms with Crippen molar-refractivity contribution in [3.63, 3.8) is 0 Å². The Balaban J connectivity index is 2.72. The van der Waals surface area contributed by atoms with Gasteiger partial charge >= 0.3 is 0 Å². The Labute approximate surface area is 119 Å². The second-order valence-electron chi connectivity index (χ2n) is 4.36. The van der Waals surface area contributed by atoms with E-state index < -0.39 is 20.0 Å². The van der Waals surface area contributed by atoms with Crippen molar-refractivity contribution in [3.05, 3.63) is 29.3 Å². The Bertz CT molecular complexity index is 669. The highest BCUT2D eigenvalue weighted by atomic mass is 32.2. The second-order valence-corrected chi connectivity index (χ2v) is 7.96. The number of rotatable bonds is 7. The van der Waals surface area contributed by atoms with Crippen molar-refractivity contribution in [1.29, 1.82) is 0 Å². The molecule has 0 aliphatic carbocycles. The van der Waals surface area contributed by atoms with Crippen LogP contribution < -0.4 is 15.2 Å². The highest BCUT2D eigenvalue weighted by Gasteiger charge is 2.14. The molecule has 0 atom stereocenters. The van der Waals surface area contributed by atoms with Gasteiger partial charge in [0.05, 0.1) is 11.2 Å². The third kappa shape index (κ3) is 5.17. The summed E-state index contributed by atoms with van der Waals surface area (Å²) in [6, 6.07) is 4.68. The van der Waals surface area contributed by atoms with Gasteiger partial charge in [-0.05, 0) is 30.2 Å². The molecule has 114 valence electrons. The van der Waals surface area contributed by atoms with Crippen molar-refractivity contribution < 1.29 is 16.8 Å². The molecule has 0 bridgehead atoms. The minimum absolute atomic E-state index is 0.00205. The van der Waals surface area contributed by atoms with Crippen molar-refractivity contribution in [3.8, 4) is 0 Å². The van der Waals surface area contributed by atoms with Crippen molar-refractivity contribution in [2.24, 2.45) is 5.73 Å². The predicted molar refractivity (Wildman–Crippen MR) is 77.1 cm³/mol. The monoisotopic (exact) mass is 321 g/mol. The zero-order valence-corrected chi connectivity index (χ0v) is 13.0. The molecule has 1 aromatic rings. The van der Waals surface area contributed by atoms with Crippen LogP contribution in [0.4, 0.5) is 0 Å². The van der Waals surface area contributed by atoms with E-state index in [2.05, 4.69) is 9.44 Å². The zero-order chi connectivity index (χ0) is 15.4. The van der Waals surface area contributed by atoms with E-state index in [9.17, 15) is 16.8 Å². The molecule has 0 heterocycles. The molecule has 0 spiro atoms. The van der Waals surface area contributed by atoms with E-state index in [-0.39, 0.29) is 18.0 Å². The first-order valence-electron chi connectivity index (χ1n) is 5.89. The predicted octanol–water partition coefficient (Wildman–Crippen LogP) is -0.719. The zero-order valence-electron chi connectivity index (χ0n) is 11.4. The highest BCUT2D eigenvalue weighted by Crippen LogP contribution is 2.14. The number of nitrogens with one attached hydrogen (secondary N) is 2. The Morgan fingerprint density at radius 3 is 2.20 bits per heavy atom. The lowest BCUT2D eigenvalue weighted by Crippen LogP contribution is -2.34. The Hall–Kier alpha value is -1.00. The van der Waals surface area contributed by atoms with Crippen LogP contribution in [0.5, 0.6) is 0 Å². The van der Waals surface area contributed by atoms with E-state index in [0.717, 1.165) is 17.4 Å². The average Bonchev–Trinajstić information content (AvgIpc) is 2.33. The second kappa shape index (κ2) is 6.64. The summed E-state index contributed by atoms with van der Waals surface area (Å²) in [5.74, 6) is 0. The summed E-state index contributed by atoms with van der Waals surface area (Å²) in [6.45, 7) is 2.11. The van der Waals surface area contributed by atoms with Gasteiger partial charge in [-0.15, -0.1) is 0 Å². The van der Waals surface area contributed by atoms with Crippen LogP contribution >= 0.6 is 0 Å². The molecule has 0 aliphatic rings. The minimum Gasteiger partial charge on any atom is -0.326 e. The Morgan fingerprint density at radius 1 is 1.10 bits per heavy atom. The molecule has 9 heteroatoms. The summed E-state index contributed by atoms with van der Waals surface area (Å²) in [5.41, 5.74) is 7.19. The molecule has 1 aromatic carbocycles. The maximum Gasteiger partial charge on any atom is 0.240 e. The van der Waals surface area contributed by atoms with Crippen LogP contribution in [0.25, 0.3) is 0 Å². The largest absolute Gasteiger partial charge is 0.326 e. The van der Waals surface area contributed by atoms with Crippen molar-refractivity contribution in [2.45, 2.75) is 18.4 Å². The topological polar surface area (TPSA) is 118 Å².